The molecule has 1 saturated heterocycles. The first kappa shape index (κ1) is 19.5. The molecule has 1 atom stereocenters. The summed E-state index contributed by atoms with van der Waals surface area (Å²) in [5.41, 5.74) is 3.58. The Balaban J connectivity index is 1.43. The average molecular weight is 469 g/mol. The molecule has 0 unspecified atom stereocenters. The lowest BCUT2D eigenvalue weighted by Crippen LogP contribution is -2.49. The number of hydrogen-bond donors (Lipinski definition) is 2. The monoisotopic (exact) mass is 468 g/mol. The molecule has 7 rings (SSSR count). The van der Waals surface area contributed by atoms with Crippen molar-refractivity contribution >= 4 is 61.4 Å². The SMILES string of the molecule is O=C1NC(=O)C(c2c[nH]c3ccsc23)=C1c1nc(N2CCN3C=CC[C@@H]3C2)nc2ccccc12. The van der Waals surface area contributed by atoms with Crippen LogP contribution in [0.5, 0.6) is 0 Å². The van der Waals surface area contributed by atoms with E-state index in [1.165, 1.54) is 11.3 Å². The number of anilines is 1. The van der Waals surface area contributed by atoms with Crippen molar-refractivity contribution in [2.45, 2.75) is 12.5 Å². The summed E-state index contributed by atoms with van der Waals surface area (Å²) in [6.45, 7) is 2.51. The van der Waals surface area contributed by atoms with Gasteiger partial charge in [0.1, 0.15) is 0 Å². The lowest BCUT2D eigenvalue weighted by molar-refractivity contribution is -0.122. The molecule has 0 spiro atoms. The third-order valence-electron chi connectivity index (χ3n) is 6.83. The van der Waals surface area contributed by atoms with Crippen LogP contribution in [0, 0.1) is 0 Å². The number of nitrogens with one attached hydrogen (secondary N) is 2. The van der Waals surface area contributed by atoms with Gasteiger partial charge in [-0.05, 0) is 30.1 Å². The largest absolute Gasteiger partial charge is 0.371 e. The lowest BCUT2D eigenvalue weighted by atomic mass is 9.99. The first-order valence-electron chi connectivity index (χ1n) is 11.3. The molecule has 3 aliphatic heterocycles. The number of carbonyl (C=O) groups is 2. The van der Waals surface area contributed by atoms with Crippen LogP contribution in [0.1, 0.15) is 17.7 Å². The smallest absolute Gasteiger partial charge is 0.261 e. The van der Waals surface area contributed by atoms with Crippen molar-refractivity contribution in [3.05, 3.63) is 65.4 Å². The maximum absolute atomic E-state index is 13.2. The molecule has 4 aromatic rings. The van der Waals surface area contributed by atoms with Crippen molar-refractivity contribution < 1.29 is 9.59 Å². The molecule has 3 aliphatic rings. The molecule has 1 aromatic carbocycles. The third-order valence-corrected chi connectivity index (χ3v) is 7.77. The van der Waals surface area contributed by atoms with Crippen molar-refractivity contribution in [3.8, 4) is 0 Å². The van der Waals surface area contributed by atoms with Gasteiger partial charge in [-0.2, -0.15) is 0 Å². The standard InChI is InChI=1S/C25H20N6O2S/c32-23-19(16-12-26-18-7-11-34-22(16)18)20(24(33)29-23)21-15-5-1-2-6-17(15)27-25(28-21)31-10-9-30-8-3-4-14(30)13-31/h1-3,5-8,11-12,14,26H,4,9-10,13H2,(H,29,32,33)/t14-/m1/s1. The summed E-state index contributed by atoms with van der Waals surface area (Å²) in [6, 6.07) is 10.0. The highest BCUT2D eigenvalue weighted by atomic mass is 32.1. The second-order valence-corrected chi connectivity index (χ2v) is 9.66. The zero-order valence-electron chi connectivity index (χ0n) is 18.1. The summed E-state index contributed by atoms with van der Waals surface area (Å²) in [5, 5.41) is 5.22. The molecule has 2 amide bonds. The minimum Gasteiger partial charge on any atom is -0.371 e. The van der Waals surface area contributed by atoms with Crippen LogP contribution in [0.25, 0.3) is 32.3 Å². The van der Waals surface area contributed by atoms with Crippen LogP contribution >= 0.6 is 11.3 Å². The van der Waals surface area contributed by atoms with E-state index in [-0.39, 0.29) is 0 Å². The number of para-hydroxylation sites is 1. The lowest BCUT2D eigenvalue weighted by Gasteiger charge is -2.38. The summed E-state index contributed by atoms with van der Waals surface area (Å²) in [5.74, 6) is -0.232. The van der Waals surface area contributed by atoms with Crippen LogP contribution in [0.3, 0.4) is 0 Å². The van der Waals surface area contributed by atoms with Gasteiger partial charge in [0.25, 0.3) is 11.8 Å². The number of piperazine rings is 1. The normalized spacial score (nSPS) is 20.2. The van der Waals surface area contributed by atoms with Gasteiger partial charge in [0.2, 0.25) is 5.95 Å². The van der Waals surface area contributed by atoms with E-state index >= 15 is 0 Å². The fourth-order valence-electron chi connectivity index (χ4n) is 5.18. The predicted octanol–water partition coefficient (Wildman–Crippen LogP) is 3.15. The molecule has 8 nitrogen and oxygen atoms in total. The maximum Gasteiger partial charge on any atom is 0.261 e. The summed E-state index contributed by atoms with van der Waals surface area (Å²) >= 11 is 1.54. The predicted molar refractivity (Wildman–Crippen MR) is 132 cm³/mol. The molecule has 2 N–H and O–H groups in total. The number of rotatable bonds is 3. The molecule has 3 aromatic heterocycles. The van der Waals surface area contributed by atoms with Crippen molar-refractivity contribution in [3.63, 3.8) is 0 Å². The number of carbonyl (C=O) groups excluding carboxylic acids is 2. The Morgan fingerprint density at radius 3 is 2.85 bits per heavy atom. The number of thiophene rings is 1. The number of H-pyrrole nitrogens is 1. The molecule has 1 fully saturated rings. The van der Waals surface area contributed by atoms with Crippen LogP contribution in [-0.4, -0.2) is 57.3 Å². The van der Waals surface area contributed by atoms with Gasteiger partial charge in [0.15, 0.2) is 0 Å². The Kier molecular flexibility index (Phi) is 4.16. The number of aromatic nitrogens is 3. The van der Waals surface area contributed by atoms with E-state index in [0.717, 1.165) is 52.7 Å². The van der Waals surface area contributed by atoms with Gasteiger partial charge in [-0.25, -0.2) is 9.97 Å². The zero-order chi connectivity index (χ0) is 22.8. The van der Waals surface area contributed by atoms with Gasteiger partial charge in [0.05, 0.1) is 32.6 Å². The van der Waals surface area contributed by atoms with E-state index in [2.05, 4.69) is 32.4 Å². The van der Waals surface area contributed by atoms with E-state index in [4.69, 9.17) is 9.97 Å². The van der Waals surface area contributed by atoms with Gasteiger partial charge >= 0.3 is 0 Å². The topological polar surface area (TPSA) is 94.2 Å². The molecule has 0 aliphatic carbocycles. The number of nitrogens with zero attached hydrogens (tertiary/aromatic N) is 4. The van der Waals surface area contributed by atoms with Gasteiger partial charge in [0, 0.05) is 42.8 Å². The van der Waals surface area contributed by atoms with E-state index < -0.39 is 11.8 Å². The molecule has 6 heterocycles. The Labute approximate surface area is 198 Å². The molecule has 0 bridgehead atoms. The average Bonchev–Trinajstić information content (AvgIpc) is 3.62. The summed E-state index contributed by atoms with van der Waals surface area (Å²) in [4.78, 5) is 43.7. The van der Waals surface area contributed by atoms with Crippen molar-refractivity contribution in [2.24, 2.45) is 0 Å². The zero-order valence-corrected chi connectivity index (χ0v) is 18.9. The first-order valence-corrected chi connectivity index (χ1v) is 12.1. The van der Waals surface area contributed by atoms with Crippen LogP contribution < -0.4 is 10.2 Å². The fourth-order valence-corrected chi connectivity index (χ4v) is 6.06. The Morgan fingerprint density at radius 2 is 1.91 bits per heavy atom. The summed E-state index contributed by atoms with van der Waals surface area (Å²) in [6.07, 6.45) is 7.18. The van der Waals surface area contributed by atoms with E-state index in [1.807, 2.05) is 35.7 Å². The maximum atomic E-state index is 13.2. The molecule has 34 heavy (non-hydrogen) atoms. The Hall–Kier alpha value is -3.98. The molecule has 168 valence electrons. The third kappa shape index (κ3) is 2.83. The van der Waals surface area contributed by atoms with Gasteiger partial charge in [-0.15, -0.1) is 11.3 Å². The molecule has 0 radical (unpaired) electrons. The van der Waals surface area contributed by atoms with Gasteiger partial charge in [-0.1, -0.05) is 24.3 Å². The number of fused-ring (bicyclic) bond motifs is 3. The van der Waals surface area contributed by atoms with Crippen molar-refractivity contribution in [1.82, 2.24) is 25.2 Å². The number of imide groups is 1. The van der Waals surface area contributed by atoms with Crippen LogP contribution in [0.2, 0.25) is 0 Å². The molecule has 9 heteroatoms. The molecular formula is C25H20N6O2S. The van der Waals surface area contributed by atoms with Crippen molar-refractivity contribution in [1.29, 1.82) is 0 Å². The number of hydrogen-bond acceptors (Lipinski definition) is 7. The summed E-state index contributed by atoms with van der Waals surface area (Å²) < 4.78 is 0.945. The van der Waals surface area contributed by atoms with Crippen LogP contribution in [-0.2, 0) is 9.59 Å². The van der Waals surface area contributed by atoms with Gasteiger partial charge < -0.3 is 14.8 Å². The summed E-state index contributed by atoms with van der Waals surface area (Å²) in [7, 11) is 0. The number of amides is 2. The van der Waals surface area contributed by atoms with Crippen molar-refractivity contribution in [2.75, 3.05) is 24.5 Å². The van der Waals surface area contributed by atoms with E-state index in [9.17, 15) is 9.59 Å². The second kappa shape index (κ2) is 7.26. The first-order chi connectivity index (χ1) is 16.7. The molecule has 0 saturated carbocycles. The highest BCUT2D eigenvalue weighted by Crippen LogP contribution is 2.38. The highest BCUT2D eigenvalue weighted by molar-refractivity contribution is 7.17. The minimum atomic E-state index is -0.425. The van der Waals surface area contributed by atoms with E-state index in [1.54, 1.807) is 6.20 Å². The number of aromatic amines is 1. The highest BCUT2D eigenvalue weighted by Gasteiger charge is 2.36. The van der Waals surface area contributed by atoms with Crippen LogP contribution in [0.4, 0.5) is 5.95 Å². The number of benzene rings is 1. The minimum absolute atomic E-state index is 0.306. The van der Waals surface area contributed by atoms with Gasteiger partial charge in [-0.3, -0.25) is 14.9 Å². The quantitative estimate of drug-likeness (QED) is 0.449. The second-order valence-electron chi connectivity index (χ2n) is 8.75. The molecular weight excluding hydrogens is 448 g/mol. The van der Waals surface area contributed by atoms with Crippen LogP contribution in [0.15, 0.2) is 54.2 Å². The Bertz CT molecular complexity index is 1560. The fraction of sp³-hybridized carbons (Fsp3) is 0.200. The Morgan fingerprint density at radius 1 is 1.03 bits per heavy atom. The van der Waals surface area contributed by atoms with E-state index in [0.29, 0.717) is 28.8 Å².